The average Bonchev–Trinajstić information content (AvgIpc) is 2.86. The number of hydrogen-bond acceptors (Lipinski definition) is 3. The molecule has 0 saturated heterocycles. The molecule has 4 aromatic carbocycles. The van der Waals surface area contributed by atoms with E-state index in [1.165, 1.54) is 0 Å². The Kier molecular flexibility index (Phi) is 6.65. The van der Waals surface area contributed by atoms with Crippen LogP contribution in [0.15, 0.2) is 109 Å². The van der Waals surface area contributed by atoms with E-state index in [0.717, 1.165) is 33.8 Å². The summed E-state index contributed by atoms with van der Waals surface area (Å²) in [6, 6.07) is 36.5. The quantitative estimate of drug-likeness (QED) is 0.327. The van der Waals surface area contributed by atoms with E-state index in [-0.39, 0.29) is 12.2 Å². The Morgan fingerprint density at radius 1 is 0.452 bits per heavy atom. The molecule has 0 saturated carbocycles. The van der Waals surface area contributed by atoms with Crippen LogP contribution in [-0.2, 0) is 4.74 Å². The molecule has 0 fully saturated rings. The van der Waals surface area contributed by atoms with Crippen molar-refractivity contribution in [3.8, 4) is 11.5 Å². The van der Waals surface area contributed by atoms with Crippen molar-refractivity contribution in [2.45, 2.75) is 12.2 Å². The van der Waals surface area contributed by atoms with Gasteiger partial charge in [-0.3, -0.25) is 0 Å². The maximum atomic E-state index is 6.92. The second-order valence-electron chi connectivity index (χ2n) is 7.20. The molecule has 0 bridgehead atoms. The molecule has 2 unspecified atom stereocenters. The van der Waals surface area contributed by atoms with Gasteiger partial charge in [-0.2, -0.15) is 0 Å². The molecule has 0 amide bonds. The number of ether oxygens (including phenoxy) is 3. The minimum atomic E-state index is -0.326. The fourth-order valence-corrected chi connectivity index (χ4v) is 3.82. The molecule has 0 aliphatic heterocycles. The number of hydrogen-bond donors (Lipinski definition) is 0. The maximum Gasteiger partial charge on any atom is 0.125 e. The van der Waals surface area contributed by atoms with Gasteiger partial charge in [0.25, 0.3) is 0 Å². The fraction of sp³-hybridized carbons (Fsp3) is 0.143. The van der Waals surface area contributed by atoms with Crippen LogP contribution in [0.4, 0.5) is 0 Å². The molecule has 4 aromatic rings. The molecule has 3 nitrogen and oxygen atoms in total. The van der Waals surface area contributed by atoms with E-state index in [1.807, 2.05) is 72.8 Å². The predicted molar refractivity (Wildman–Crippen MR) is 124 cm³/mol. The lowest BCUT2D eigenvalue weighted by Crippen LogP contribution is -2.15. The van der Waals surface area contributed by atoms with Crippen molar-refractivity contribution in [3.63, 3.8) is 0 Å². The molecule has 2 atom stereocenters. The van der Waals surface area contributed by atoms with Crippen LogP contribution in [-0.4, -0.2) is 14.2 Å². The van der Waals surface area contributed by atoms with Gasteiger partial charge < -0.3 is 14.2 Å². The molecule has 0 heterocycles. The molecular weight excluding hydrogens is 384 g/mol. The molecule has 0 aromatic heterocycles. The Balaban J connectivity index is 1.85. The highest BCUT2D eigenvalue weighted by molar-refractivity contribution is 5.43. The molecule has 4 rings (SSSR count). The van der Waals surface area contributed by atoms with Crippen molar-refractivity contribution in [1.29, 1.82) is 0 Å². The fourth-order valence-electron chi connectivity index (χ4n) is 3.82. The van der Waals surface area contributed by atoms with Gasteiger partial charge in [-0.15, -0.1) is 0 Å². The van der Waals surface area contributed by atoms with Crippen molar-refractivity contribution < 1.29 is 14.2 Å². The van der Waals surface area contributed by atoms with Crippen molar-refractivity contribution >= 4 is 0 Å². The zero-order valence-electron chi connectivity index (χ0n) is 17.8. The van der Waals surface area contributed by atoms with Crippen molar-refractivity contribution in [3.05, 3.63) is 131 Å². The van der Waals surface area contributed by atoms with Gasteiger partial charge in [-0.05, 0) is 23.3 Å². The summed E-state index contributed by atoms with van der Waals surface area (Å²) in [6.07, 6.45) is -0.653. The molecule has 3 heteroatoms. The normalized spacial score (nSPS) is 12.7. The monoisotopic (exact) mass is 410 g/mol. The Hall–Kier alpha value is -3.56. The van der Waals surface area contributed by atoms with Crippen molar-refractivity contribution in [1.82, 2.24) is 0 Å². The molecular formula is C28H26O3. The predicted octanol–water partition coefficient (Wildman–Crippen LogP) is 6.60. The number of benzene rings is 4. The van der Waals surface area contributed by atoms with Gasteiger partial charge in [0.05, 0.1) is 14.2 Å². The molecule has 0 radical (unpaired) electrons. The van der Waals surface area contributed by atoms with Gasteiger partial charge in [0.2, 0.25) is 0 Å². The zero-order valence-corrected chi connectivity index (χ0v) is 17.8. The summed E-state index contributed by atoms with van der Waals surface area (Å²) in [5, 5.41) is 0. The molecule has 0 aliphatic rings. The first-order chi connectivity index (χ1) is 15.3. The third-order valence-electron chi connectivity index (χ3n) is 5.32. The van der Waals surface area contributed by atoms with Crippen molar-refractivity contribution in [2.24, 2.45) is 0 Å². The Bertz CT molecular complexity index is 1000. The largest absolute Gasteiger partial charge is 0.496 e. The van der Waals surface area contributed by atoms with E-state index >= 15 is 0 Å². The van der Waals surface area contributed by atoms with Crippen LogP contribution in [0.1, 0.15) is 34.5 Å². The van der Waals surface area contributed by atoms with Gasteiger partial charge >= 0.3 is 0 Å². The lowest BCUT2D eigenvalue weighted by atomic mass is 9.97. The third-order valence-corrected chi connectivity index (χ3v) is 5.32. The summed E-state index contributed by atoms with van der Waals surface area (Å²) >= 11 is 0. The minimum Gasteiger partial charge on any atom is -0.496 e. The van der Waals surface area contributed by atoms with E-state index in [4.69, 9.17) is 14.2 Å². The summed E-state index contributed by atoms with van der Waals surface area (Å²) in [4.78, 5) is 0. The second kappa shape index (κ2) is 9.96. The first-order valence-corrected chi connectivity index (χ1v) is 10.3. The first kappa shape index (κ1) is 20.7. The van der Waals surface area contributed by atoms with Crippen LogP contribution < -0.4 is 9.47 Å². The molecule has 0 spiro atoms. The number of para-hydroxylation sites is 2. The standard InChI is InChI=1S/C28H26O3/c1-29-25-19-11-9-17-23(25)27(21-13-5-3-6-14-21)31-28(22-15-7-4-8-16-22)24-18-10-12-20-26(24)30-2/h3-20,27-28H,1-2H3. The maximum absolute atomic E-state index is 6.92. The molecule has 0 N–H and O–H groups in total. The van der Waals surface area contributed by atoms with E-state index in [9.17, 15) is 0 Å². The molecule has 156 valence electrons. The average molecular weight is 411 g/mol. The summed E-state index contributed by atoms with van der Waals surface area (Å²) in [7, 11) is 3.38. The highest BCUT2D eigenvalue weighted by Crippen LogP contribution is 2.41. The van der Waals surface area contributed by atoms with Gasteiger partial charge in [0, 0.05) is 11.1 Å². The highest BCUT2D eigenvalue weighted by Gasteiger charge is 2.27. The van der Waals surface area contributed by atoms with Crippen molar-refractivity contribution in [2.75, 3.05) is 14.2 Å². The van der Waals surface area contributed by atoms with Crippen LogP contribution in [0.2, 0.25) is 0 Å². The van der Waals surface area contributed by atoms with E-state index in [0.29, 0.717) is 0 Å². The van der Waals surface area contributed by atoms with Gasteiger partial charge in [0.1, 0.15) is 23.7 Å². The second-order valence-corrected chi connectivity index (χ2v) is 7.20. The van der Waals surface area contributed by atoms with E-state index in [1.54, 1.807) is 14.2 Å². The van der Waals surface area contributed by atoms with Crippen LogP contribution >= 0.6 is 0 Å². The van der Waals surface area contributed by atoms with Gasteiger partial charge in [-0.1, -0.05) is 97.1 Å². The summed E-state index contributed by atoms with van der Waals surface area (Å²) < 4.78 is 18.3. The highest BCUT2D eigenvalue weighted by atomic mass is 16.5. The molecule has 0 aliphatic carbocycles. The van der Waals surface area contributed by atoms with Crippen LogP contribution in [0, 0.1) is 0 Å². The topological polar surface area (TPSA) is 27.7 Å². The van der Waals surface area contributed by atoms with Gasteiger partial charge in [0.15, 0.2) is 0 Å². The Morgan fingerprint density at radius 3 is 1.19 bits per heavy atom. The number of rotatable bonds is 8. The van der Waals surface area contributed by atoms with Crippen LogP contribution in [0.3, 0.4) is 0 Å². The summed E-state index contributed by atoms with van der Waals surface area (Å²) in [6.45, 7) is 0. The molecule has 31 heavy (non-hydrogen) atoms. The Labute approximate surface area is 183 Å². The first-order valence-electron chi connectivity index (χ1n) is 10.3. The zero-order chi connectivity index (χ0) is 21.5. The lowest BCUT2D eigenvalue weighted by molar-refractivity contribution is 0.0283. The van der Waals surface area contributed by atoms with Crippen LogP contribution in [0.5, 0.6) is 11.5 Å². The Morgan fingerprint density at radius 2 is 0.806 bits per heavy atom. The third kappa shape index (κ3) is 4.62. The number of methoxy groups -OCH3 is 2. The lowest BCUT2D eigenvalue weighted by Gasteiger charge is -2.28. The SMILES string of the molecule is COc1ccccc1C(OC(c1ccccc1)c1ccccc1OC)c1ccccc1. The summed E-state index contributed by atoms with van der Waals surface area (Å²) in [5.41, 5.74) is 4.07. The minimum absolute atomic E-state index is 0.326. The summed E-state index contributed by atoms with van der Waals surface area (Å²) in [5.74, 6) is 1.59. The van der Waals surface area contributed by atoms with E-state index < -0.39 is 0 Å². The smallest absolute Gasteiger partial charge is 0.125 e. The van der Waals surface area contributed by atoms with Gasteiger partial charge in [-0.25, -0.2) is 0 Å². The van der Waals surface area contributed by atoms with Crippen LogP contribution in [0.25, 0.3) is 0 Å². The van der Waals surface area contributed by atoms with E-state index in [2.05, 4.69) is 36.4 Å².